The number of urea groups is 1. The molecule has 1 aromatic rings. The molecule has 0 aliphatic carbocycles. The van der Waals surface area contributed by atoms with Crippen molar-refractivity contribution in [2.45, 2.75) is 13.5 Å². The molecular weight excluding hydrogens is 375 g/mol. The summed E-state index contributed by atoms with van der Waals surface area (Å²) in [5.74, 6) is -0.862. The number of nitrogens with two attached hydrogens (primary N) is 1. The molecule has 0 aromatic heterocycles. The van der Waals surface area contributed by atoms with Crippen molar-refractivity contribution in [1.29, 1.82) is 5.41 Å². The minimum absolute atomic E-state index is 0.114. The second kappa shape index (κ2) is 7.58. The molecule has 3 amide bonds. The molecule has 0 heterocycles. The number of hydrogen-bond acceptors (Lipinski definition) is 5. The smallest absolute Gasteiger partial charge is 0.319 e. The number of hydrogen-bond donors (Lipinski definition) is 3. The van der Waals surface area contributed by atoms with Gasteiger partial charge in [-0.1, -0.05) is 29.4 Å². The Labute approximate surface area is 129 Å². The molecule has 7 nitrogen and oxygen atoms in total. The molecule has 0 radical (unpaired) electrons. The largest absolute Gasteiger partial charge is 0.390 e. The molecule has 0 aliphatic heterocycles. The number of benzene rings is 1. The van der Waals surface area contributed by atoms with Crippen LogP contribution in [0.3, 0.4) is 0 Å². The number of nitrogens with zero attached hydrogens (tertiary/aromatic N) is 1. The predicted octanol–water partition coefficient (Wildman–Crippen LogP) is 1.53. The first-order valence-corrected chi connectivity index (χ1v) is 6.59. The summed E-state index contributed by atoms with van der Waals surface area (Å²) >= 11 is 2.00. The Morgan fingerprint density at radius 1 is 1.45 bits per heavy atom. The molecule has 0 fully saturated rings. The SMILES string of the molecule is C/C(I)=N\OCc1ccccc1C(=N)C(=O)NC(N)=O. The standard InChI is InChI=1S/C12H13IN4O3/c1-7(13)17-20-6-8-4-2-3-5-9(8)10(14)11(18)16-12(15)19/h2-5,14H,6H2,1H3,(H3,15,16,18,19)/b14-10?,17-7+. The highest BCUT2D eigenvalue weighted by molar-refractivity contribution is 14.1. The van der Waals surface area contributed by atoms with Crippen LogP contribution in [0.4, 0.5) is 4.79 Å². The predicted molar refractivity (Wildman–Crippen MR) is 82.9 cm³/mol. The van der Waals surface area contributed by atoms with Gasteiger partial charge in [-0.15, -0.1) is 0 Å². The van der Waals surface area contributed by atoms with E-state index >= 15 is 0 Å². The van der Waals surface area contributed by atoms with Gasteiger partial charge in [-0.3, -0.25) is 15.5 Å². The zero-order chi connectivity index (χ0) is 15.1. The minimum Gasteiger partial charge on any atom is -0.390 e. The number of carbonyl (C=O) groups excluding carboxylic acids is 2. The van der Waals surface area contributed by atoms with E-state index in [9.17, 15) is 9.59 Å². The van der Waals surface area contributed by atoms with E-state index in [1.54, 1.807) is 31.2 Å². The van der Waals surface area contributed by atoms with Crippen LogP contribution >= 0.6 is 22.6 Å². The highest BCUT2D eigenvalue weighted by Gasteiger charge is 2.16. The van der Waals surface area contributed by atoms with Crippen molar-refractivity contribution in [3.05, 3.63) is 35.4 Å². The molecule has 0 atom stereocenters. The third-order valence-electron chi connectivity index (χ3n) is 2.16. The molecule has 4 N–H and O–H groups in total. The van der Waals surface area contributed by atoms with Crippen molar-refractivity contribution in [2.24, 2.45) is 10.9 Å². The lowest BCUT2D eigenvalue weighted by molar-refractivity contribution is -0.113. The summed E-state index contributed by atoms with van der Waals surface area (Å²) in [5, 5.41) is 13.4. The van der Waals surface area contributed by atoms with Gasteiger partial charge in [0.25, 0.3) is 5.91 Å². The van der Waals surface area contributed by atoms with E-state index in [4.69, 9.17) is 16.0 Å². The lowest BCUT2D eigenvalue weighted by atomic mass is 10.0. The average Bonchev–Trinajstić information content (AvgIpc) is 2.37. The van der Waals surface area contributed by atoms with Crippen LogP contribution in [0.5, 0.6) is 0 Å². The number of oxime groups is 1. The molecule has 0 aliphatic rings. The fourth-order valence-corrected chi connectivity index (χ4v) is 1.52. The number of nitrogens with one attached hydrogen (secondary N) is 2. The number of rotatable bonds is 5. The summed E-state index contributed by atoms with van der Waals surface area (Å²) in [6, 6.07) is 5.72. The van der Waals surface area contributed by atoms with Crippen molar-refractivity contribution in [3.8, 4) is 0 Å². The number of primary amides is 1. The van der Waals surface area contributed by atoms with Crippen molar-refractivity contribution >= 4 is 44.0 Å². The Kier molecular flexibility index (Phi) is 6.10. The van der Waals surface area contributed by atoms with Crippen LogP contribution in [-0.2, 0) is 16.2 Å². The number of halogens is 1. The van der Waals surface area contributed by atoms with Gasteiger partial charge in [0, 0.05) is 11.1 Å². The molecular formula is C12H13IN4O3. The van der Waals surface area contributed by atoms with Gasteiger partial charge in [0.2, 0.25) is 0 Å². The van der Waals surface area contributed by atoms with Crippen LogP contribution in [-0.4, -0.2) is 21.4 Å². The maximum atomic E-state index is 11.6. The quantitative estimate of drug-likeness (QED) is 0.403. The van der Waals surface area contributed by atoms with Crippen LogP contribution in [0.15, 0.2) is 29.4 Å². The molecule has 0 saturated carbocycles. The van der Waals surface area contributed by atoms with Gasteiger partial charge in [0.1, 0.15) is 16.0 Å². The van der Waals surface area contributed by atoms with Crippen LogP contribution in [0.25, 0.3) is 0 Å². The van der Waals surface area contributed by atoms with E-state index in [0.29, 0.717) is 11.1 Å². The van der Waals surface area contributed by atoms with Gasteiger partial charge in [-0.05, 0) is 29.5 Å². The van der Waals surface area contributed by atoms with Gasteiger partial charge in [0.15, 0.2) is 0 Å². The second-order valence-corrected chi connectivity index (χ2v) is 5.27. The third-order valence-corrected chi connectivity index (χ3v) is 2.36. The van der Waals surface area contributed by atoms with Gasteiger partial charge >= 0.3 is 6.03 Å². The molecule has 1 rings (SSSR count). The average molecular weight is 388 g/mol. The van der Waals surface area contributed by atoms with Gasteiger partial charge < -0.3 is 10.6 Å². The molecule has 0 unspecified atom stereocenters. The molecule has 20 heavy (non-hydrogen) atoms. The summed E-state index contributed by atoms with van der Waals surface area (Å²) in [6.45, 7) is 1.89. The number of carbonyl (C=O) groups is 2. The van der Waals surface area contributed by atoms with E-state index in [-0.39, 0.29) is 12.3 Å². The Balaban J connectivity index is 2.89. The molecule has 0 saturated heterocycles. The maximum absolute atomic E-state index is 11.6. The van der Waals surface area contributed by atoms with E-state index in [2.05, 4.69) is 5.16 Å². The first-order valence-electron chi connectivity index (χ1n) is 5.51. The topological polar surface area (TPSA) is 118 Å². The van der Waals surface area contributed by atoms with Gasteiger partial charge in [0.05, 0.1) is 0 Å². The van der Waals surface area contributed by atoms with Crippen molar-refractivity contribution in [3.63, 3.8) is 0 Å². The number of imide groups is 1. The third kappa shape index (κ3) is 4.96. The first kappa shape index (κ1) is 16.1. The second-order valence-electron chi connectivity index (χ2n) is 3.71. The van der Waals surface area contributed by atoms with Crippen molar-refractivity contribution in [2.75, 3.05) is 0 Å². The Hall–Kier alpha value is -1.97. The normalized spacial score (nSPS) is 10.8. The van der Waals surface area contributed by atoms with E-state index in [1.807, 2.05) is 27.9 Å². The van der Waals surface area contributed by atoms with Gasteiger partial charge in [-0.25, -0.2) is 4.79 Å². The van der Waals surface area contributed by atoms with E-state index in [0.717, 1.165) is 3.72 Å². The molecule has 1 aromatic carbocycles. The molecule has 8 heteroatoms. The fourth-order valence-electron chi connectivity index (χ4n) is 1.38. The maximum Gasteiger partial charge on any atom is 0.319 e. The summed E-state index contributed by atoms with van der Waals surface area (Å²) in [4.78, 5) is 27.3. The zero-order valence-corrected chi connectivity index (χ0v) is 12.8. The van der Waals surface area contributed by atoms with Crippen LogP contribution in [0.1, 0.15) is 18.1 Å². The lowest BCUT2D eigenvalue weighted by Crippen LogP contribution is -2.39. The molecule has 106 valence electrons. The Morgan fingerprint density at radius 3 is 2.70 bits per heavy atom. The zero-order valence-electron chi connectivity index (χ0n) is 10.6. The Morgan fingerprint density at radius 2 is 2.10 bits per heavy atom. The Bertz CT molecular complexity index is 568. The highest BCUT2D eigenvalue weighted by Crippen LogP contribution is 2.11. The van der Waals surface area contributed by atoms with Crippen LogP contribution < -0.4 is 11.1 Å². The van der Waals surface area contributed by atoms with E-state index in [1.165, 1.54) is 0 Å². The molecule has 0 spiro atoms. The van der Waals surface area contributed by atoms with Crippen molar-refractivity contribution < 1.29 is 14.4 Å². The number of amides is 3. The van der Waals surface area contributed by atoms with Gasteiger partial charge in [-0.2, -0.15) is 0 Å². The fraction of sp³-hybridized carbons (Fsp3) is 0.167. The molecule has 0 bridgehead atoms. The minimum atomic E-state index is -1.00. The monoisotopic (exact) mass is 388 g/mol. The summed E-state index contributed by atoms with van der Waals surface area (Å²) in [5.41, 5.74) is 5.45. The van der Waals surface area contributed by atoms with E-state index < -0.39 is 11.9 Å². The van der Waals surface area contributed by atoms with Crippen LogP contribution in [0.2, 0.25) is 0 Å². The van der Waals surface area contributed by atoms with Crippen LogP contribution in [0, 0.1) is 5.41 Å². The highest BCUT2D eigenvalue weighted by atomic mass is 127. The summed E-state index contributed by atoms with van der Waals surface area (Å²) < 4.78 is 0.724. The lowest BCUT2D eigenvalue weighted by Gasteiger charge is -2.09. The summed E-state index contributed by atoms with van der Waals surface area (Å²) in [7, 11) is 0. The first-order chi connectivity index (χ1) is 9.41. The summed E-state index contributed by atoms with van der Waals surface area (Å²) in [6.07, 6.45) is 0. The van der Waals surface area contributed by atoms with Crippen molar-refractivity contribution in [1.82, 2.24) is 5.32 Å².